The summed E-state index contributed by atoms with van der Waals surface area (Å²) in [5.74, 6) is -0.680. The van der Waals surface area contributed by atoms with Crippen LogP contribution in [-0.4, -0.2) is 21.2 Å². The van der Waals surface area contributed by atoms with Crippen LogP contribution in [0.1, 0.15) is 48.6 Å². The zero-order valence-corrected chi connectivity index (χ0v) is 18.4. The van der Waals surface area contributed by atoms with E-state index in [4.69, 9.17) is 0 Å². The van der Waals surface area contributed by atoms with Gasteiger partial charge in [0.2, 0.25) is 10.0 Å². The molecule has 0 aliphatic rings. The maximum atomic E-state index is 14.1. The third-order valence-electron chi connectivity index (χ3n) is 4.62. The molecule has 2 aromatic carbocycles. The van der Waals surface area contributed by atoms with E-state index in [1.807, 2.05) is 13.8 Å². The Labute approximate surface area is 180 Å². The van der Waals surface area contributed by atoms with Gasteiger partial charge in [-0.3, -0.25) is 4.72 Å². The minimum atomic E-state index is -4.37. The second kappa shape index (κ2) is 10.3. The van der Waals surface area contributed by atoms with Gasteiger partial charge in [-0.2, -0.15) is 13.2 Å². The molecule has 0 saturated heterocycles. The Morgan fingerprint density at radius 1 is 1.13 bits per heavy atom. The summed E-state index contributed by atoms with van der Waals surface area (Å²) in [5, 5.41) is 3.18. The Balaban J connectivity index is 2.03. The lowest BCUT2D eigenvalue weighted by Crippen LogP contribution is -2.19. The molecule has 0 unspecified atom stereocenters. The molecule has 0 heterocycles. The first kappa shape index (κ1) is 24.9. The molecule has 170 valence electrons. The number of alkyl halides is 3. The van der Waals surface area contributed by atoms with Crippen molar-refractivity contribution in [2.75, 3.05) is 17.5 Å². The lowest BCUT2D eigenvalue weighted by molar-refractivity contribution is -0.137. The summed E-state index contributed by atoms with van der Waals surface area (Å²) in [6.45, 7) is 4.15. The summed E-state index contributed by atoms with van der Waals surface area (Å²) in [5.41, 5.74) is 1.22. The van der Waals surface area contributed by atoms with Crippen LogP contribution in [0.3, 0.4) is 0 Å². The first-order valence-electron chi connectivity index (χ1n) is 9.78. The lowest BCUT2D eigenvalue weighted by Gasteiger charge is -2.15. The van der Waals surface area contributed by atoms with E-state index in [0.29, 0.717) is 24.1 Å². The van der Waals surface area contributed by atoms with Crippen LogP contribution < -0.4 is 10.0 Å². The van der Waals surface area contributed by atoms with E-state index in [1.165, 1.54) is 24.3 Å². The minimum Gasteiger partial charge on any atom is -0.307 e. The summed E-state index contributed by atoms with van der Waals surface area (Å²) < 4.78 is 77.6. The van der Waals surface area contributed by atoms with Crippen molar-refractivity contribution in [3.8, 4) is 0 Å². The van der Waals surface area contributed by atoms with E-state index in [0.717, 1.165) is 24.3 Å². The van der Waals surface area contributed by atoms with Crippen molar-refractivity contribution in [3.63, 3.8) is 0 Å². The normalized spacial score (nSPS) is 13.5. The van der Waals surface area contributed by atoms with Crippen molar-refractivity contribution in [2.24, 2.45) is 0 Å². The molecular formula is C22H26F4N2O2S. The third-order valence-corrected chi connectivity index (χ3v) is 5.21. The molecule has 0 bridgehead atoms. The van der Waals surface area contributed by atoms with Gasteiger partial charge in [0.05, 0.1) is 17.5 Å². The largest absolute Gasteiger partial charge is 0.416 e. The highest BCUT2D eigenvalue weighted by Crippen LogP contribution is 2.31. The Morgan fingerprint density at radius 3 is 2.42 bits per heavy atom. The summed E-state index contributed by atoms with van der Waals surface area (Å²) in [4.78, 5) is 0. The molecule has 4 nitrogen and oxygen atoms in total. The molecular weight excluding hydrogens is 432 g/mol. The highest BCUT2D eigenvalue weighted by molar-refractivity contribution is 7.92. The van der Waals surface area contributed by atoms with Crippen LogP contribution in [0.15, 0.2) is 42.5 Å². The van der Waals surface area contributed by atoms with Gasteiger partial charge in [0, 0.05) is 12.6 Å². The number of hydrogen-bond acceptors (Lipinski definition) is 3. The van der Waals surface area contributed by atoms with Gasteiger partial charge in [0.15, 0.2) is 0 Å². The van der Waals surface area contributed by atoms with E-state index < -0.39 is 27.6 Å². The van der Waals surface area contributed by atoms with Crippen molar-refractivity contribution < 1.29 is 26.0 Å². The average Bonchev–Trinajstić information content (AvgIpc) is 2.66. The topological polar surface area (TPSA) is 58.2 Å². The molecule has 2 aromatic rings. The Bertz CT molecular complexity index is 1030. The number of benzene rings is 2. The fraction of sp³-hybridized carbons (Fsp3) is 0.364. The van der Waals surface area contributed by atoms with Crippen molar-refractivity contribution in [3.05, 3.63) is 70.5 Å². The molecule has 0 spiro atoms. The van der Waals surface area contributed by atoms with Gasteiger partial charge in [-0.1, -0.05) is 37.6 Å². The number of halogens is 4. The SMILES string of the molecule is CCCc1cc(C(F)(F)F)ccc1/C=C/CN[C@H](C)c1ccc(NS(C)(=O)=O)c(F)c1. The third kappa shape index (κ3) is 7.66. The van der Waals surface area contributed by atoms with Gasteiger partial charge < -0.3 is 5.32 Å². The predicted octanol–water partition coefficient (Wildman–Crippen LogP) is 5.53. The van der Waals surface area contributed by atoms with Crippen molar-refractivity contribution >= 4 is 21.8 Å². The number of anilines is 1. The van der Waals surface area contributed by atoms with Gasteiger partial charge in [0.25, 0.3) is 0 Å². The first-order valence-corrected chi connectivity index (χ1v) is 11.7. The standard InChI is InChI=1S/C22H26F4N2O2S/c1-4-6-18-13-19(22(24,25)26)10-8-16(18)7-5-12-27-15(2)17-9-11-21(20(23)14-17)28-31(3,29)30/h5,7-11,13-15,27-28H,4,6,12H2,1-3H3/b7-5+/t15-/m1/s1. The molecule has 0 aliphatic carbocycles. The van der Waals surface area contributed by atoms with Crippen LogP contribution in [0.2, 0.25) is 0 Å². The van der Waals surface area contributed by atoms with Gasteiger partial charge in [0.1, 0.15) is 5.82 Å². The molecule has 1 atom stereocenters. The number of nitrogens with one attached hydrogen (secondary N) is 2. The smallest absolute Gasteiger partial charge is 0.307 e. The van der Waals surface area contributed by atoms with Gasteiger partial charge in [-0.05, 0) is 54.3 Å². The van der Waals surface area contributed by atoms with Crippen LogP contribution in [0.4, 0.5) is 23.2 Å². The Hall–Kier alpha value is -2.39. The quantitative estimate of drug-likeness (QED) is 0.486. The zero-order valence-electron chi connectivity index (χ0n) is 17.6. The second-order valence-electron chi connectivity index (χ2n) is 7.31. The molecule has 0 aliphatic heterocycles. The van der Waals surface area contributed by atoms with E-state index in [2.05, 4.69) is 10.0 Å². The average molecular weight is 459 g/mol. The Morgan fingerprint density at radius 2 is 1.84 bits per heavy atom. The highest BCUT2D eigenvalue weighted by atomic mass is 32.2. The predicted molar refractivity (Wildman–Crippen MR) is 116 cm³/mol. The summed E-state index contributed by atoms with van der Waals surface area (Å²) >= 11 is 0. The zero-order chi connectivity index (χ0) is 23.2. The van der Waals surface area contributed by atoms with Crippen molar-refractivity contribution in [1.82, 2.24) is 5.32 Å². The summed E-state index contributed by atoms with van der Waals surface area (Å²) in [6.07, 6.45) is 1.41. The van der Waals surface area contributed by atoms with Crippen LogP contribution >= 0.6 is 0 Å². The highest BCUT2D eigenvalue weighted by Gasteiger charge is 2.30. The van der Waals surface area contributed by atoms with Crippen LogP contribution in [-0.2, 0) is 22.6 Å². The molecule has 2 rings (SSSR count). The minimum absolute atomic E-state index is 0.121. The van der Waals surface area contributed by atoms with Crippen molar-refractivity contribution in [1.29, 1.82) is 0 Å². The molecule has 2 N–H and O–H groups in total. The number of rotatable bonds is 9. The number of hydrogen-bond donors (Lipinski definition) is 2. The maximum Gasteiger partial charge on any atom is 0.416 e. The fourth-order valence-corrected chi connectivity index (χ4v) is 3.63. The van der Waals surface area contributed by atoms with Crippen LogP contribution in [0.5, 0.6) is 0 Å². The van der Waals surface area contributed by atoms with E-state index in [1.54, 1.807) is 18.2 Å². The van der Waals surface area contributed by atoms with Crippen LogP contribution in [0, 0.1) is 5.82 Å². The van der Waals surface area contributed by atoms with Gasteiger partial charge in [-0.15, -0.1) is 0 Å². The first-order chi connectivity index (χ1) is 14.4. The molecule has 31 heavy (non-hydrogen) atoms. The van der Waals surface area contributed by atoms with E-state index in [9.17, 15) is 26.0 Å². The van der Waals surface area contributed by atoms with E-state index in [-0.39, 0.29) is 11.7 Å². The monoisotopic (exact) mass is 458 g/mol. The fourth-order valence-electron chi connectivity index (χ4n) is 3.06. The van der Waals surface area contributed by atoms with Crippen LogP contribution in [0.25, 0.3) is 6.08 Å². The van der Waals surface area contributed by atoms with Gasteiger partial charge >= 0.3 is 6.18 Å². The van der Waals surface area contributed by atoms with Gasteiger partial charge in [-0.25, -0.2) is 12.8 Å². The second-order valence-corrected chi connectivity index (χ2v) is 9.06. The summed E-state index contributed by atoms with van der Waals surface area (Å²) in [7, 11) is -3.57. The van der Waals surface area contributed by atoms with Crippen molar-refractivity contribution in [2.45, 2.75) is 38.9 Å². The molecule has 0 saturated carbocycles. The molecule has 0 radical (unpaired) electrons. The lowest BCUT2D eigenvalue weighted by atomic mass is 9.99. The molecule has 0 fully saturated rings. The summed E-state index contributed by atoms with van der Waals surface area (Å²) in [6, 6.07) is 7.74. The maximum absolute atomic E-state index is 14.1. The van der Waals surface area contributed by atoms with E-state index >= 15 is 0 Å². The molecule has 9 heteroatoms. The molecule has 0 aromatic heterocycles. The number of aryl methyl sites for hydroxylation is 1. The molecule has 0 amide bonds. The number of sulfonamides is 1. The Kier molecular flexibility index (Phi) is 8.25.